The zero-order valence-corrected chi connectivity index (χ0v) is 14.6. The van der Waals surface area contributed by atoms with Gasteiger partial charge in [0.25, 0.3) is 0 Å². The van der Waals surface area contributed by atoms with E-state index in [4.69, 9.17) is 16.3 Å². The van der Waals surface area contributed by atoms with E-state index in [9.17, 15) is 12.8 Å². The van der Waals surface area contributed by atoms with E-state index in [1.807, 2.05) is 0 Å². The summed E-state index contributed by atoms with van der Waals surface area (Å²) >= 11 is 5.91. The molecule has 2 aromatic rings. The summed E-state index contributed by atoms with van der Waals surface area (Å²) in [5.41, 5.74) is 0.664. The molecule has 0 unspecified atom stereocenters. The minimum Gasteiger partial charge on any atom is -0.495 e. The number of ether oxygens (including phenoxy) is 1. The summed E-state index contributed by atoms with van der Waals surface area (Å²) < 4.78 is 46.0. The van der Waals surface area contributed by atoms with Crippen LogP contribution in [-0.2, 0) is 15.4 Å². The van der Waals surface area contributed by atoms with Crippen LogP contribution in [0.4, 0.5) is 4.39 Å². The second kappa shape index (κ2) is 6.35. The SMILES string of the molecule is COc1ccc(Cl)cc1S(=O)(=O)NCC1(c2ccc(F)cc2)CC1. The number of sulfonamides is 1. The molecule has 0 aliphatic heterocycles. The van der Waals surface area contributed by atoms with Gasteiger partial charge in [0.1, 0.15) is 16.5 Å². The van der Waals surface area contributed by atoms with Gasteiger partial charge >= 0.3 is 0 Å². The molecule has 3 rings (SSSR count). The van der Waals surface area contributed by atoms with Crippen molar-refractivity contribution in [2.24, 2.45) is 0 Å². The lowest BCUT2D eigenvalue weighted by Gasteiger charge is -2.17. The van der Waals surface area contributed by atoms with Crippen molar-refractivity contribution in [1.29, 1.82) is 0 Å². The minimum absolute atomic E-state index is 0.00686. The maximum atomic E-state index is 13.1. The Morgan fingerprint density at radius 1 is 1.21 bits per heavy atom. The van der Waals surface area contributed by atoms with Gasteiger partial charge in [-0.2, -0.15) is 0 Å². The van der Waals surface area contributed by atoms with Crippen molar-refractivity contribution in [1.82, 2.24) is 4.72 Å². The molecule has 24 heavy (non-hydrogen) atoms. The lowest BCUT2D eigenvalue weighted by atomic mass is 9.96. The molecule has 0 heterocycles. The molecular formula is C17H17ClFNO3S. The first-order chi connectivity index (χ1) is 11.4. The zero-order chi connectivity index (χ0) is 17.4. The number of benzene rings is 2. The van der Waals surface area contributed by atoms with Gasteiger partial charge in [0.2, 0.25) is 10.0 Å². The molecule has 0 aromatic heterocycles. The Bertz CT molecular complexity index is 849. The molecule has 0 saturated heterocycles. The molecule has 1 aliphatic carbocycles. The number of rotatable bonds is 6. The number of halogens is 2. The maximum absolute atomic E-state index is 13.1. The van der Waals surface area contributed by atoms with Crippen LogP contribution in [0.2, 0.25) is 5.02 Å². The lowest BCUT2D eigenvalue weighted by molar-refractivity contribution is 0.402. The summed E-state index contributed by atoms with van der Waals surface area (Å²) in [4.78, 5) is 0.00686. The summed E-state index contributed by atoms with van der Waals surface area (Å²) in [7, 11) is -2.36. The Morgan fingerprint density at radius 3 is 2.46 bits per heavy atom. The van der Waals surface area contributed by atoms with Crippen molar-refractivity contribution >= 4 is 21.6 Å². The largest absolute Gasteiger partial charge is 0.495 e. The fourth-order valence-electron chi connectivity index (χ4n) is 2.69. The van der Waals surface area contributed by atoms with E-state index in [1.165, 1.54) is 31.4 Å². The van der Waals surface area contributed by atoms with Crippen LogP contribution in [0.25, 0.3) is 0 Å². The Hall–Kier alpha value is -1.63. The predicted octanol–water partition coefficient (Wildman–Crippen LogP) is 3.50. The smallest absolute Gasteiger partial charge is 0.244 e. The Morgan fingerprint density at radius 2 is 1.88 bits per heavy atom. The van der Waals surface area contributed by atoms with E-state index >= 15 is 0 Å². The van der Waals surface area contributed by atoms with E-state index in [-0.39, 0.29) is 28.4 Å². The minimum atomic E-state index is -3.77. The van der Waals surface area contributed by atoms with Crippen LogP contribution in [0.15, 0.2) is 47.4 Å². The van der Waals surface area contributed by atoms with Gasteiger partial charge < -0.3 is 4.74 Å². The van der Waals surface area contributed by atoms with Crippen molar-refractivity contribution in [2.75, 3.05) is 13.7 Å². The molecule has 0 bridgehead atoms. The lowest BCUT2D eigenvalue weighted by Crippen LogP contribution is -2.32. The number of nitrogens with one attached hydrogen (secondary N) is 1. The Balaban J connectivity index is 1.81. The molecule has 0 spiro atoms. The number of hydrogen-bond acceptors (Lipinski definition) is 3. The zero-order valence-electron chi connectivity index (χ0n) is 13.1. The first-order valence-electron chi connectivity index (χ1n) is 7.46. The average molecular weight is 370 g/mol. The van der Waals surface area contributed by atoms with Gasteiger partial charge in [-0.1, -0.05) is 23.7 Å². The topological polar surface area (TPSA) is 55.4 Å². The van der Waals surface area contributed by atoms with Crippen LogP contribution in [0.3, 0.4) is 0 Å². The third-order valence-electron chi connectivity index (χ3n) is 4.33. The van der Waals surface area contributed by atoms with Crippen molar-refractivity contribution in [3.05, 3.63) is 58.9 Å². The number of methoxy groups -OCH3 is 1. The first kappa shape index (κ1) is 17.2. The normalized spacial score (nSPS) is 16.0. The van der Waals surface area contributed by atoms with Gasteiger partial charge in [-0.15, -0.1) is 0 Å². The van der Waals surface area contributed by atoms with Gasteiger partial charge in [0.05, 0.1) is 7.11 Å². The predicted molar refractivity (Wildman–Crippen MR) is 90.5 cm³/mol. The molecule has 0 radical (unpaired) electrons. The van der Waals surface area contributed by atoms with Crippen LogP contribution in [0.1, 0.15) is 18.4 Å². The highest BCUT2D eigenvalue weighted by molar-refractivity contribution is 7.89. The molecule has 0 amide bonds. The summed E-state index contributed by atoms with van der Waals surface area (Å²) in [5, 5.41) is 0.316. The molecule has 1 saturated carbocycles. The van der Waals surface area contributed by atoms with Gasteiger partial charge in [-0.25, -0.2) is 17.5 Å². The van der Waals surface area contributed by atoms with Crippen molar-refractivity contribution in [3.8, 4) is 5.75 Å². The molecule has 7 heteroatoms. The second-order valence-corrected chi connectivity index (χ2v) is 8.08. The van der Waals surface area contributed by atoms with Gasteiger partial charge in [-0.3, -0.25) is 0 Å². The summed E-state index contributed by atoms with van der Waals surface area (Å²) in [6.45, 7) is 0.247. The Kier molecular flexibility index (Phi) is 4.55. The third kappa shape index (κ3) is 3.41. The van der Waals surface area contributed by atoms with Crippen molar-refractivity contribution in [3.63, 3.8) is 0 Å². The van der Waals surface area contributed by atoms with Crippen molar-refractivity contribution in [2.45, 2.75) is 23.2 Å². The van der Waals surface area contributed by atoms with Gasteiger partial charge in [0.15, 0.2) is 0 Å². The van der Waals surface area contributed by atoms with Crippen LogP contribution < -0.4 is 9.46 Å². The van der Waals surface area contributed by atoms with Crippen LogP contribution in [0.5, 0.6) is 5.75 Å². The highest BCUT2D eigenvalue weighted by atomic mass is 35.5. The number of hydrogen-bond donors (Lipinski definition) is 1. The molecule has 0 atom stereocenters. The maximum Gasteiger partial charge on any atom is 0.244 e. The first-order valence-corrected chi connectivity index (χ1v) is 9.32. The molecular weight excluding hydrogens is 353 g/mol. The van der Waals surface area contributed by atoms with Gasteiger partial charge in [0, 0.05) is 17.0 Å². The van der Waals surface area contributed by atoms with Crippen LogP contribution in [-0.4, -0.2) is 22.1 Å². The van der Waals surface area contributed by atoms with E-state index in [0.717, 1.165) is 18.4 Å². The third-order valence-corrected chi connectivity index (χ3v) is 5.98. The summed E-state index contributed by atoms with van der Waals surface area (Å²) in [6, 6.07) is 10.6. The monoisotopic (exact) mass is 369 g/mol. The molecule has 1 fully saturated rings. The van der Waals surface area contributed by atoms with E-state index in [1.54, 1.807) is 18.2 Å². The highest BCUT2D eigenvalue weighted by Gasteiger charge is 2.45. The van der Waals surface area contributed by atoms with E-state index < -0.39 is 10.0 Å². The van der Waals surface area contributed by atoms with Crippen molar-refractivity contribution < 1.29 is 17.5 Å². The quantitative estimate of drug-likeness (QED) is 0.847. The average Bonchev–Trinajstić information content (AvgIpc) is 3.35. The Labute approximate surface area is 145 Å². The highest BCUT2D eigenvalue weighted by Crippen LogP contribution is 2.47. The molecule has 4 nitrogen and oxygen atoms in total. The second-order valence-electron chi connectivity index (χ2n) is 5.91. The molecule has 1 N–H and O–H groups in total. The van der Waals surface area contributed by atoms with Crippen LogP contribution in [0, 0.1) is 5.82 Å². The fourth-order valence-corrected chi connectivity index (χ4v) is 4.25. The standard InChI is InChI=1S/C17H17ClFNO3S/c1-23-15-7-4-13(18)10-16(15)24(21,22)20-11-17(8-9-17)12-2-5-14(19)6-3-12/h2-7,10,20H,8-9,11H2,1H3. The van der Waals surface area contributed by atoms with E-state index in [0.29, 0.717) is 5.02 Å². The summed E-state index contributed by atoms with van der Waals surface area (Å²) in [6.07, 6.45) is 1.71. The summed E-state index contributed by atoms with van der Waals surface area (Å²) in [5.74, 6) is -0.0719. The fraction of sp³-hybridized carbons (Fsp3) is 0.294. The van der Waals surface area contributed by atoms with Gasteiger partial charge in [-0.05, 0) is 48.7 Å². The van der Waals surface area contributed by atoms with E-state index in [2.05, 4.69) is 4.72 Å². The molecule has 1 aliphatic rings. The molecule has 128 valence electrons. The van der Waals surface area contributed by atoms with Crippen LogP contribution >= 0.6 is 11.6 Å². The molecule has 2 aromatic carbocycles.